The smallest absolute Gasteiger partial charge is 0.254 e. The summed E-state index contributed by atoms with van der Waals surface area (Å²) in [6.07, 6.45) is 2.72. The number of benzene rings is 2. The molecule has 0 atom stereocenters. The number of halogens is 1. The van der Waals surface area contributed by atoms with Crippen molar-refractivity contribution < 1.29 is 14.3 Å². The predicted octanol–water partition coefficient (Wildman–Crippen LogP) is 3.98. The van der Waals surface area contributed by atoms with Crippen LogP contribution in [-0.4, -0.2) is 43.0 Å². The lowest BCUT2D eigenvalue weighted by Gasteiger charge is -2.40. The molecular weight excluding hydrogens is 420 g/mol. The molecule has 1 heterocycles. The van der Waals surface area contributed by atoms with Crippen molar-refractivity contribution in [3.8, 4) is 0 Å². The number of rotatable bonds is 4. The van der Waals surface area contributed by atoms with Crippen LogP contribution in [0.15, 0.2) is 53.0 Å². The molecule has 1 saturated heterocycles. The monoisotopic (exact) mass is 442 g/mol. The van der Waals surface area contributed by atoms with Gasteiger partial charge >= 0.3 is 0 Å². The Morgan fingerprint density at radius 1 is 1.04 bits per heavy atom. The van der Waals surface area contributed by atoms with E-state index in [1.165, 1.54) is 0 Å². The number of hydrogen-bond donors (Lipinski definition) is 1. The second kappa shape index (κ2) is 8.05. The van der Waals surface area contributed by atoms with Crippen LogP contribution in [0.1, 0.15) is 35.2 Å². The molecule has 2 aromatic carbocycles. The van der Waals surface area contributed by atoms with Crippen LogP contribution < -0.4 is 5.32 Å². The third-order valence-electron chi connectivity index (χ3n) is 5.70. The van der Waals surface area contributed by atoms with Gasteiger partial charge in [0.15, 0.2) is 0 Å². The Balaban J connectivity index is 1.51. The van der Waals surface area contributed by atoms with E-state index in [1.807, 2.05) is 36.4 Å². The summed E-state index contributed by atoms with van der Waals surface area (Å²) in [5, 5.41) is 3.05. The molecule has 2 aliphatic rings. The molecule has 2 amide bonds. The Kier molecular flexibility index (Phi) is 5.51. The highest BCUT2D eigenvalue weighted by Gasteiger charge is 2.45. The highest BCUT2D eigenvalue weighted by atomic mass is 79.9. The number of hydrogen-bond acceptors (Lipinski definition) is 3. The molecule has 0 radical (unpaired) electrons. The van der Waals surface area contributed by atoms with Crippen LogP contribution in [0.3, 0.4) is 0 Å². The molecule has 2 fully saturated rings. The number of carbonyl (C=O) groups excluding carboxylic acids is 2. The predicted molar refractivity (Wildman–Crippen MR) is 111 cm³/mol. The number of carbonyl (C=O) groups is 2. The largest absolute Gasteiger partial charge is 0.378 e. The Morgan fingerprint density at radius 3 is 2.39 bits per heavy atom. The molecule has 0 aromatic heterocycles. The topological polar surface area (TPSA) is 58.6 Å². The summed E-state index contributed by atoms with van der Waals surface area (Å²) in [4.78, 5) is 27.7. The summed E-state index contributed by atoms with van der Waals surface area (Å²) >= 11 is 3.45. The molecule has 2 aromatic rings. The van der Waals surface area contributed by atoms with E-state index in [-0.39, 0.29) is 11.8 Å². The lowest BCUT2D eigenvalue weighted by Crippen LogP contribution is -2.46. The number of anilines is 1. The molecule has 1 aliphatic heterocycles. The summed E-state index contributed by atoms with van der Waals surface area (Å²) < 4.78 is 6.31. The average molecular weight is 443 g/mol. The van der Waals surface area contributed by atoms with Gasteiger partial charge in [0.25, 0.3) is 5.91 Å². The molecule has 0 spiro atoms. The maximum atomic E-state index is 13.2. The van der Waals surface area contributed by atoms with Crippen molar-refractivity contribution in [3.05, 3.63) is 64.1 Å². The van der Waals surface area contributed by atoms with Crippen molar-refractivity contribution >= 4 is 33.4 Å². The van der Waals surface area contributed by atoms with E-state index < -0.39 is 5.41 Å². The Morgan fingerprint density at radius 2 is 1.75 bits per heavy atom. The minimum Gasteiger partial charge on any atom is -0.378 e. The maximum Gasteiger partial charge on any atom is 0.254 e. The van der Waals surface area contributed by atoms with Gasteiger partial charge in [0.05, 0.1) is 18.6 Å². The quantitative estimate of drug-likeness (QED) is 0.778. The van der Waals surface area contributed by atoms with Gasteiger partial charge < -0.3 is 15.0 Å². The molecule has 5 nitrogen and oxygen atoms in total. The minimum absolute atomic E-state index is 0.00274. The Labute approximate surface area is 173 Å². The van der Waals surface area contributed by atoms with Crippen LogP contribution in [-0.2, 0) is 14.9 Å². The minimum atomic E-state index is -0.481. The van der Waals surface area contributed by atoms with Crippen molar-refractivity contribution in [1.82, 2.24) is 4.90 Å². The number of nitrogens with one attached hydrogen (secondary N) is 1. The fourth-order valence-corrected chi connectivity index (χ4v) is 4.14. The normalized spacial score (nSPS) is 18.2. The second-order valence-corrected chi connectivity index (χ2v) is 8.30. The van der Waals surface area contributed by atoms with Crippen LogP contribution >= 0.6 is 15.9 Å². The lowest BCUT2D eigenvalue weighted by atomic mass is 9.64. The number of ether oxygens (including phenoxy) is 1. The average Bonchev–Trinajstić information content (AvgIpc) is 2.69. The first-order valence-corrected chi connectivity index (χ1v) is 10.4. The number of morpholine rings is 1. The standard InChI is InChI=1S/C22H23BrN2O3/c23-18-7-5-17(6-8-18)22(9-2-10-22)21(27)24-19-4-1-3-16(15-19)20(26)25-11-13-28-14-12-25/h1,3-8,15H,2,9-14H2,(H,24,27). The van der Waals surface area contributed by atoms with Crippen molar-refractivity contribution in [1.29, 1.82) is 0 Å². The summed E-state index contributed by atoms with van der Waals surface area (Å²) in [6, 6.07) is 15.2. The van der Waals surface area contributed by atoms with Gasteiger partial charge in [-0.05, 0) is 48.7 Å². The van der Waals surface area contributed by atoms with E-state index in [2.05, 4.69) is 21.2 Å². The van der Waals surface area contributed by atoms with Crippen LogP contribution in [0.4, 0.5) is 5.69 Å². The maximum absolute atomic E-state index is 13.2. The van der Waals surface area contributed by atoms with Gasteiger partial charge in [-0.3, -0.25) is 9.59 Å². The van der Waals surface area contributed by atoms with E-state index in [1.54, 1.807) is 17.0 Å². The molecule has 0 unspecified atom stereocenters. The number of nitrogens with zero attached hydrogens (tertiary/aromatic N) is 1. The number of amides is 2. The van der Waals surface area contributed by atoms with Crippen LogP contribution in [0.25, 0.3) is 0 Å². The molecule has 1 saturated carbocycles. The van der Waals surface area contributed by atoms with E-state index in [0.29, 0.717) is 37.6 Å². The summed E-state index contributed by atoms with van der Waals surface area (Å²) in [5.74, 6) is -0.0253. The fourth-order valence-electron chi connectivity index (χ4n) is 3.88. The SMILES string of the molecule is O=C(c1cccc(NC(=O)C2(c3ccc(Br)cc3)CCC2)c1)N1CCOCC1. The highest BCUT2D eigenvalue weighted by Crippen LogP contribution is 2.44. The van der Waals surface area contributed by atoms with Crippen molar-refractivity contribution in [3.63, 3.8) is 0 Å². The first-order valence-electron chi connectivity index (χ1n) is 9.63. The highest BCUT2D eigenvalue weighted by molar-refractivity contribution is 9.10. The fraction of sp³-hybridized carbons (Fsp3) is 0.364. The van der Waals surface area contributed by atoms with E-state index in [9.17, 15) is 9.59 Å². The third kappa shape index (κ3) is 3.71. The van der Waals surface area contributed by atoms with Crippen molar-refractivity contribution in [2.24, 2.45) is 0 Å². The molecule has 4 rings (SSSR count). The molecule has 146 valence electrons. The Bertz CT molecular complexity index is 872. The molecular formula is C22H23BrN2O3. The van der Waals surface area contributed by atoms with E-state index >= 15 is 0 Å². The third-order valence-corrected chi connectivity index (χ3v) is 6.23. The molecule has 0 bridgehead atoms. The van der Waals surface area contributed by atoms with Gasteiger partial charge in [0.2, 0.25) is 5.91 Å². The summed E-state index contributed by atoms with van der Waals surface area (Å²) in [7, 11) is 0. The van der Waals surface area contributed by atoms with Gasteiger partial charge in [0.1, 0.15) is 0 Å². The van der Waals surface area contributed by atoms with Crippen LogP contribution in [0.2, 0.25) is 0 Å². The van der Waals surface area contributed by atoms with Gasteiger partial charge in [-0.2, -0.15) is 0 Å². The molecule has 28 heavy (non-hydrogen) atoms. The first kappa shape index (κ1) is 19.2. The molecule has 1 aliphatic carbocycles. The molecule has 1 N–H and O–H groups in total. The summed E-state index contributed by atoms with van der Waals surface area (Å²) in [5.41, 5.74) is 1.81. The van der Waals surface area contributed by atoms with Crippen molar-refractivity contribution in [2.75, 3.05) is 31.6 Å². The van der Waals surface area contributed by atoms with Crippen LogP contribution in [0.5, 0.6) is 0 Å². The lowest BCUT2D eigenvalue weighted by molar-refractivity contribution is -0.124. The van der Waals surface area contributed by atoms with Gasteiger partial charge in [-0.15, -0.1) is 0 Å². The zero-order valence-corrected chi connectivity index (χ0v) is 17.2. The van der Waals surface area contributed by atoms with Crippen LogP contribution in [0, 0.1) is 0 Å². The van der Waals surface area contributed by atoms with E-state index in [0.717, 1.165) is 29.3 Å². The van der Waals surface area contributed by atoms with Crippen molar-refractivity contribution in [2.45, 2.75) is 24.7 Å². The van der Waals surface area contributed by atoms with Gasteiger partial charge in [0, 0.05) is 28.8 Å². The first-order chi connectivity index (χ1) is 13.6. The molecule has 6 heteroatoms. The van der Waals surface area contributed by atoms with Gasteiger partial charge in [-0.1, -0.05) is 40.5 Å². The zero-order valence-electron chi connectivity index (χ0n) is 15.6. The Hall–Kier alpha value is -2.18. The van der Waals surface area contributed by atoms with E-state index in [4.69, 9.17) is 4.74 Å². The second-order valence-electron chi connectivity index (χ2n) is 7.38. The van der Waals surface area contributed by atoms with Gasteiger partial charge in [-0.25, -0.2) is 0 Å². The summed E-state index contributed by atoms with van der Waals surface area (Å²) in [6.45, 7) is 2.33. The zero-order chi connectivity index (χ0) is 19.6.